The van der Waals surface area contributed by atoms with Crippen molar-refractivity contribution in [3.8, 4) is 5.75 Å². The number of Topliss-reactive ketones (excluding diaryl/α,β-unsaturated/α-hetero) is 1. The van der Waals surface area contributed by atoms with Crippen LogP contribution in [0.5, 0.6) is 5.75 Å². The predicted octanol–water partition coefficient (Wildman–Crippen LogP) is 0.812. The molecule has 0 aliphatic rings. The minimum atomic E-state index is -1.10. The third-order valence-corrected chi connectivity index (χ3v) is 1.50. The number of aromatic hydroxyl groups is 1. The molecule has 0 atom stereocenters. The molecule has 1 aromatic carbocycles. The summed E-state index contributed by atoms with van der Waals surface area (Å²) in [5.74, 6) is -3.54. The highest BCUT2D eigenvalue weighted by Gasteiger charge is 2.16. The molecule has 0 saturated carbocycles. The fraction of sp³-hybridized carbons (Fsp3) is 0.125. The SMILES string of the molecule is NCC(=O)c1c(O)cc(F)cc1F. The Kier molecular flexibility index (Phi) is 2.57. The summed E-state index contributed by atoms with van der Waals surface area (Å²) < 4.78 is 25.3. The Balaban J connectivity index is 3.28. The van der Waals surface area contributed by atoms with Gasteiger partial charge >= 0.3 is 0 Å². The topological polar surface area (TPSA) is 63.3 Å². The zero-order valence-corrected chi connectivity index (χ0v) is 6.55. The van der Waals surface area contributed by atoms with Gasteiger partial charge in [0.15, 0.2) is 5.78 Å². The van der Waals surface area contributed by atoms with Crippen molar-refractivity contribution in [2.45, 2.75) is 0 Å². The Hall–Kier alpha value is -1.49. The number of ketones is 1. The van der Waals surface area contributed by atoms with Crippen molar-refractivity contribution in [2.75, 3.05) is 6.54 Å². The summed E-state index contributed by atoms with van der Waals surface area (Å²) >= 11 is 0. The predicted molar refractivity (Wildman–Crippen MR) is 41.4 cm³/mol. The molecular formula is C8H7F2NO2. The van der Waals surface area contributed by atoms with Gasteiger partial charge in [-0.2, -0.15) is 0 Å². The molecule has 0 amide bonds. The number of phenolic OH excluding ortho intramolecular Hbond substituents is 1. The van der Waals surface area contributed by atoms with Gasteiger partial charge in [0, 0.05) is 12.1 Å². The average molecular weight is 187 g/mol. The van der Waals surface area contributed by atoms with Crippen molar-refractivity contribution in [1.82, 2.24) is 0 Å². The molecule has 70 valence electrons. The van der Waals surface area contributed by atoms with Crippen LogP contribution in [0.4, 0.5) is 8.78 Å². The highest BCUT2D eigenvalue weighted by molar-refractivity contribution is 6.00. The summed E-state index contributed by atoms with van der Waals surface area (Å²) in [5, 5.41) is 9.02. The number of halogens is 2. The average Bonchev–Trinajstić information content (AvgIpc) is 2.02. The van der Waals surface area contributed by atoms with Gasteiger partial charge in [-0.25, -0.2) is 8.78 Å². The summed E-state index contributed by atoms with van der Waals surface area (Å²) in [5.41, 5.74) is 4.39. The van der Waals surface area contributed by atoms with E-state index >= 15 is 0 Å². The van der Waals surface area contributed by atoms with Crippen LogP contribution in [0.1, 0.15) is 10.4 Å². The van der Waals surface area contributed by atoms with E-state index in [2.05, 4.69) is 0 Å². The molecule has 13 heavy (non-hydrogen) atoms. The van der Waals surface area contributed by atoms with Crippen LogP contribution in [-0.4, -0.2) is 17.4 Å². The van der Waals surface area contributed by atoms with Crippen LogP contribution in [0, 0.1) is 11.6 Å². The fourth-order valence-electron chi connectivity index (χ4n) is 0.938. The van der Waals surface area contributed by atoms with Gasteiger partial charge in [0.2, 0.25) is 0 Å². The van der Waals surface area contributed by atoms with Gasteiger partial charge in [-0.05, 0) is 0 Å². The van der Waals surface area contributed by atoms with E-state index in [-0.39, 0.29) is 0 Å². The van der Waals surface area contributed by atoms with Crippen molar-refractivity contribution in [3.05, 3.63) is 29.3 Å². The summed E-state index contributed by atoms with van der Waals surface area (Å²) in [7, 11) is 0. The molecule has 0 heterocycles. The number of phenols is 1. The second kappa shape index (κ2) is 3.49. The smallest absolute Gasteiger partial charge is 0.183 e. The number of rotatable bonds is 2. The van der Waals surface area contributed by atoms with Gasteiger partial charge in [0.1, 0.15) is 17.4 Å². The van der Waals surface area contributed by atoms with Crippen LogP contribution in [0.3, 0.4) is 0 Å². The second-order valence-corrected chi connectivity index (χ2v) is 2.41. The lowest BCUT2D eigenvalue weighted by molar-refractivity contribution is 0.0994. The van der Waals surface area contributed by atoms with Crippen LogP contribution in [0.15, 0.2) is 12.1 Å². The summed E-state index contributed by atoms with van der Waals surface area (Å²) in [6, 6.07) is 1.18. The van der Waals surface area contributed by atoms with Gasteiger partial charge in [-0.3, -0.25) is 4.79 Å². The van der Waals surface area contributed by atoms with Crippen molar-refractivity contribution in [2.24, 2.45) is 5.73 Å². The van der Waals surface area contributed by atoms with Crippen LogP contribution >= 0.6 is 0 Å². The maximum atomic E-state index is 12.9. The third-order valence-electron chi connectivity index (χ3n) is 1.50. The number of benzene rings is 1. The third kappa shape index (κ3) is 1.81. The first-order chi connectivity index (χ1) is 6.06. The molecule has 0 saturated heterocycles. The van der Waals surface area contributed by atoms with E-state index in [0.717, 1.165) is 0 Å². The Morgan fingerprint density at radius 1 is 1.46 bits per heavy atom. The normalized spacial score (nSPS) is 10.1. The van der Waals surface area contributed by atoms with E-state index in [1.807, 2.05) is 0 Å². The largest absolute Gasteiger partial charge is 0.507 e. The standard InChI is InChI=1S/C8H7F2NO2/c9-4-1-5(10)8(6(12)2-4)7(13)3-11/h1-2,12H,3,11H2. The second-order valence-electron chi connectivity index (χ2n) is 2.41. The van der Waals surface area contributed by atoms with Crippen LogP contribution in [0.25, 0.3) is 0 Å². The number of nitrogens with two attached hydrogens (primary N) is 1. The Labute approximate surface area is 72.8 Å². The molecule has 0 spiro atoms. The number of hydrogen-bond acceptors (Lipinski definition) is 3. The fourth-order valence-corrected chi connectivity index (χ4v) is 0.938. The van der Waals surface area contributed by atoms with E-state index in [0.29, 0.717) is 12.1 Å². The lowest BCUT2D eigenvalue weighted by atomic mass is 10.1. The van der Waals surface area contributed by atoms with Gasteiger partial charge < -0.3 is 10.8 Å². The summed E-state index contributed by atoms with van der Waals surface area (Å²) in [4.78, 5) is 10.9. The Morgan fingerprint density at radius 3 is 2.54 bits per heavy atom. The first-order valence-corrected chi connectivity index (χ1v) is 3.47. The maximum absolute atomic E-state index is 12.9. The van der Waals surface area contributed by atoms with E-state index in [9.17, 15) is 13.6 Å². The van der Waals surface area contributed by atoms with E-state index in [1.165, 1.54) is 0 Å². The molecule has 1 rings (SSSR count). The summed E-state index contributed by atoms with van der Waals surface area (Å²) in [6.45, 7) is -0.434. The molecular weight excluding hydrogens is 180 g/mol. The number of carbonyl (C=O) groups is 1. The molecule has 0 aromatic heterocycles. The van der Waals surface area contributed by atoms with Crippen molar-refractivity contribution in [1.29, 1.82) is 0 Å². The molecule has 3 N–H and O–H groups in total. The van der Waals surface area contributed by atoms with E-state index < -0.39 is 35.3 Å². The Bertz CT molecular complexity index is 329. The van der Waals surface area contributed by atoms with Gasteiger partial charge in [0.25, 0.3) is 0 Å². The van der Waals surface area contributed by atoms with Crippen LogP contribution in [0.2, 0.25) is 0 Å². The van der Waals surface area contributed by atoms with Gasteiger partial charge in [0.05, 0.1) is 12.1 Å². The molecule has 0 aliphatic carbocycles. The highest BCUT2D eigenvalue weighted by atomic mass is 19.1. The first-order valence-electron chi connectivity index (χ1n) is 3.47. The summed E-state index contributed by atoms with van der Waals surface area (Å²) in [6.07, 6.45) is 0. The number of carbonyl (C=O) groups excluding carboxylic acids is 1. The minimum absolute atomic E-state index is 0.434. The molecule has 0 aliphatic heterocycles. The molecule has 0 radical (unpaired) electrons. The molecule has 5 heteroatoms. The van der Waals surface area contributed by atoms with Crippen molar-refractivity contribution >= 4 is 5.78 Å². The van der Waals surface area contributed by atoms with Crippen LogP contribution in [-0.2, 0) is 0 Å². The zero-order chi connectivity index (χ0) is 10.0. The first kappa shape index (κ1) is 9.60. The number of hydrogen-bond donors (Lipinski definition) is 2. The van der Waals surface area contributed by atoms with Gasteiger partial charge in [-0.15, -0.1) is 0 Å². The van der Waals surface area contributed by atoms with E-state index in [1.54, 1.807) is 0 Å². The molecule has 0 bridgehead atoms. The van der Waals surface area contributed by atoms with Crippen molar-refractivity contribution in [3.63, 3.8) is 0 Å². The molecule has 1 aromatic rings. The van der Waals surface area contributed by atoms with E-state index in [4.69, 9.17) is 10.8 Å². The molecule has 3 nitrogen and oxygen atoms in total. The quantitative estimate of drug-likeness (QED) is 0.673. The van der Waals surface area contributed by atoms with Crippen LogP contribution < -0.4 is 5.73 Å². The monoisotopic (exact) mass is 187 g/mol. The molecule has 0 fully saturated rings. The molecule has 0 unspecified atom stereocenters. The lowest BCUT2D eigenvalue weighted by Gasteiger charge is -2.03. The lowest BCUT2D eigenvalue weighted by Crippen LogP contribution is -2.15. The minimum Gasteiger partial charge on any atom is -0.507 e. The van der Waals surface area contributed by atoms with Gasteiger partial charge in [-0.1, -0.05) is 0 Å². The van der Waals surface area contributed by atoms with Crippen molar-refractivity contribution < 1.29 is 18.7 Å². The maximum Gasteiger partial charge on any atom is 0.183 e. The zero-order valence-electron chi connectivity index (χ0n) is 6.55. The Morgan fingerprint density at radius 2 is 2.08 bits per heavy atom. The highest BCUT2D eigenvalue weighted by Crippen LogP contribution is 2.21.